The molecule has 1 heterocycles. The third-order valence-electron chi connectivity index (χ3n) is 3.55. The second-order valence-electron chi connectivity index (χ2n) is 5.48. The third-order valence-corrected chi connectivity index (χ3v) is 6.04. The highest BCUT2D eigenvalue weighted by Gasteiger charge is 2.36. The highest BCUT2D eigenvalue weighted by molar-refractivity contribution is 7.71. The highest BCUT2D eigenvalue weighted by atomic mass is 31.2. The van der Waals surface area contributed by atoms with E-state index in [1.54, 1.807) is 0 Å². The summed E-state index contributed by atoms with van der Waals surface area (Å²) in [5.74, 6) is 0. The lowest BCUT2D eigenvalue weighted by Gasteiger charge is -2.36. The average Bonchev–Trinajstić information content (AvgIpc) is 2.13. The third kappa shape index (κ3) is 1.78. The van der Waals surface area contributed by atoms with E-state index < -0.39 is 7.14 Å². The molecule has 1 aromatic carbocycles. The molecule has 0 N–H and O–H groups in total. The number of rotatable bonds is 0. The van der Waals surface area contributed by atoms with Crippen molar-refractivity contribution >= 4 is 12.4 Å². The molecule has 0 saturated carbocycles. The fourth-order valence-electron chi connectivity index (χ4n) is 2.35. The fourth-order valence-corrected chi connectivity index (χ4v) is 4.85. The van der Waals surface area contributed by atoms with Crippen LogP contribution in [-0.2, 0) is 9.98 Å². The Morgan fingerprint density at radius 3 is 2.67 bits per heavy atom. The molecule has 0 bridgehead atoms. The Morgan fingerprint density at radius 2 is 2.00 bits per heavy atom. The van der Waals surface area contributed by atoms with Crippen LogP contribution >= 0.6 is 7.14 Å². The van der Waals surface area contributed by atoms with Gasteiger partial charge in [0.05, 0.1) is 0 Å². The van der Waals surface area contributed by atoms with Gasteiger partial charge in [-0.05, 0) is 31.0 Å². The number of hydrogen-bond acceptors (Lipinski definition) is 1. The van der Waals surface area contributed by atoms with Gasteiger partial charge in [-0.1, -0.05) is 37.6 Å². The molecule has 1 nitrogen and oxygen atoms in total. The van der Waals surface area contributed by atoms with E-state index in [0.717, 1.165) is 17.9 Å². The van der Waals surface area contributed by atoms with Crippen LogP contribution in [0.25, 0.3) is 0 Å². The van der Waals surface area contributed by atoms with Gasteiger partial charge in [-0.15, -0.1) is 0 Å². The van der Waals surface area contributed by atoms with Crippen molar-refractivity contribution in [2.24, 2.45) is 0 Å². The molecular weight excluding hydrogens is 203 g/mol. The van der Waals surface area contributed by atoms with E-state index in [-0.39, 0.29) is 5.41 Å². The van der Waals surface area contributed by atoms with Crippen LogP contribution < -0.4 is 5.30 Å². The van der Waals surface area contributed by atoms with Gasteiger partial charge in [0.1, 0.15) is 7.14 Å². The molecule has 1 atom stereocenters. The molecule has 1 unspecified atom stereocenters. The van der Waals surface area contributed by atoms with E-state index in [1.807, 2.05) is 6.66 Å². The quantitative estimate of drug-likeness (QED) is 0.615. The molecule has 0 amide bonds. The molecule has 1 aliphatic rings. The summed E-state index contributed by atoms with van der Waals surface area (Å²) in [6.07, 6.45) is 1.90. The minimum Gasteiger partial charge on any atom is -0.319 e. The molecule has 15 heavy (non-hydrogen) atoms. The molecule has 1 aliphatic heterocycles. The van der Waals surface area contributed by atoms with Gasteiger partial charge in [0.15, 0.2) is 0 Å². The number of fused-ring (bicyclic) bond motifs is 1. The van der Waals surface area contributed by atoms with E-state index in [4.69, 9.17) is 0 Å². The lowest BCUT2D eigenvalue weighted by Crippen LogP contribution is -2.32. The largest absolute Gasteiger partial charge is 0.319 e. The second kappa shape index (κ2) is 3.22. The molecule has 2 rings (SSSR count). The SMILES string of the molecule is Cc1ccc2c(c1)C(C)(C)CCP2(C)=O. The van der Waals surface area contributed by atoms with Crippen molar-refractivity contribution in [3.63, 3.8) is 0 Å². The predicted octanol–water partition coefficient (Wildman–Crippen LogP) is 3.29. The minimum atomic E-state index is -2.08. The normalized spacial score (nSPS) is 28.5. The number of hydrogen-bond donors (Lipinski definition) is 0. The van der Waals surface area contributed by atoms with Crippen molar-refractivity contribution in [1.82, 2.24) is 0 Å². The Bertz CT molecular complexity index is 446. The van der Waals surface area contributed by atoms with Gasteiger partial charge in [0, 0.05) is 11.5 Å². The van der Waals surface area contributed by atoms with Gasteiger partial charge in [-0.25, -0.2) is 0 Å². The van der Waals surface area contributed by atoms with Crippen molar-refractivity contribution < 1.29 is 4.57 Å². The summed E-state index contributed by atoms with van der Waals surface area (Å²) in [4.78, 5) is 0. The maximum Gasteiger partial charge on any atom is 0.113 e. The van der Waals surface area contributed by atoms with Crippen LogP contribution in [-0.4, -0.2) is 12.8 Å². The van der Waals surface area contributed by atoms with Crippen LogP contribution in [0.4, 0.5) is 0 Å². The first kappa shape index (κ1) is 11.0. The molecule has 0 radical (unpaired) electrons. The minimum absolute atomic E-state index is 0.186. The van der Waals surface area contributed by atoms with Crippen molar-refractivity contribution in [2.75, 3.05) is 12.8 Å². The van der Waals surface area contributed by atoms with E-state index in [1.165, 1.54) is 11.1 Å². The Balaban J connectivity index is 2.70. The topological polar surface area (TPSA) is 17.1 Å². The predicted molar refractivity (Wildman–Crippen MR) is 66.9 cm³/mol. The van der Waals surface area contributed by atoms with Crippen LogP contribution in [0.15, 0.2) is 18.2 Å². The molecule has 0 fully saturated rings. The van der Waals surface area contributed by atoms with Crippen molar-refractivity contribution in [3.8, 4) is 0 Å². The summed E-state index contributed by atoms with van der Waals surface area (Å²) < 4.78 is 12.5. The average molecular weight is 222 g/mol. The standard InChI is InChI=1S/C13H19OP/c1-10-5-6-12-11(9-10)13(2,3)7-8-15(12,4)14/h5-6,9H,7-8H2,1-4H3. The van der Waals surface area contributed by atoms with E-state index in [2.05, 4.69) is 39.0 Å². The second-order valence-corrected chi connectivity index (χ2v) is 8.61. The summed E-state index contributed by atoms with van der Waals surface area (Å²) in [7, 11) is -2.08. The van der Waals surface area contributed by atoms with Gasteiger partial charge in [0.25, 0.3) is 0 Å². The van der Waals surface area contributed by atoms with Crippen LogP contribution in [0.3, 0.4) is 0 Å². The first-order valence-electron chi connectivity index (χ1n) is 5.51. The van der Waals surface area contributed by atoms with Gasteiger partial charge >= 0.3 is 0 Å². The lowest BCUT2D eigenvalue weighted by molar-refractivity contribution is 0.494. The van der Waals surface area contributed by atoms with Crippen LogP contribution in [0.5, 0.6) is 0 Å². The Labute approximate surface area is 92.3 Å². The maximum absolute atomic E-state index is 12.5. The zero-order chi connectivity index (χ0) is 11.3. The Morgan fingerprint density at radius 1 is 1.33 bits per heavy atom. The molecule has 0 aliphatic carbocycles. The van der Waals surface area contributed by atoms with Crippen LogP contribution in [0.2, 0.25) is 0 Å². The monoisotopic (exact) mass is 222 g/mol. The highest BCUT2D eigenvalue weighted by Crippen LogP contribution is 2.50. The molecule has 0 spiro atoms. The Hall–Kier alpha value is -0.550. The first-order chi connectivity index (χ1) is 6.83. The summed E-state index contributed by atoms with van der Waals surface area (Å²) in [6, 6.07) is 6.37. The molecule has 2 heteroatoms. The van der Waals surface area contributed by atoms with Crippen molar-refractivity contribution in [3.05, 3.63) is 29.3 Å². The van der Waals surface area contributed by atoms with Crippen molar-refractivity contribution in [1.29, 1.82) is 0 Å². The van der Waals surface area contributed by atoms with Gasteiger partial charge in [-0.3, -0.25) is 0 Å². The Kier molecular flexibility index (Phi) is 2.35. The zero-order valence-electron chi connectivity index (χ0n) is 10.0. The molecule has 82 valence electrons. The van der Waals surface area contributed by atoms with Gasteiger partial charge < -0.3 is 4.57 Å². The maximum atomic E-state index is 12.5. The molecule has 0 aromatic heterocycles. The molecular formula is C13H19OP. The smallest absolute Gasteiger partial charge is 0.113 e. The molecule has 0 saturated heterocycles. The lowest BCUT2D eigenvalue weighted by atomic mass is 9.81. The van der Waals surface area contributed by atoms with E-state index in [0.29, 0.717) is 0 Å². The van der Waals surface area contributed by atoms with Gasteiger partial charge in [-0.2, -0.15) is 0 Å². The summed E-state index contributed by atoms with van der Waals surface area (Å²) in [5, 5.41) is 1.12. The van der Waals surface area contributed by atoms with E-state index in [9.17, 15) is 4.57 Å². The summed E-state index contributed by atoms with van der Waals surface area (Å²) in [5.41, 5.74) is 2.76. The van der Waals surface area contributed by atoms with Gasteiger partial charge in [0.2, 0.25) is 0 Å². The van der Waals surface area contributed by atoms with Crippen LogP contribution in [0.1, 0.15) is 31.4 Å². The first-order valence-corrected chi connectivity index (χ1v) is 7.85. The molecule has 1 aromatic rings. The fraction of sp³-hybridized carbons (Fsp3) is 0.538. The van der Waals surface area contributed by atoms with Crippen LogP contribution in [0, 0.1) is 6.92 Å². The number of aryl methyl sites for hydroxylation is 1. The summed E-state index contributed by atoms with van der Waals surface area (Å²) in [6.45, 7) is 8.54. The summed E-state index contributed by atoms with van der Waals surface area (Å²) >= 11 is 0. The zero-order valence-corrected chi connectivity index (χ0v) is 10.9. The number of benzene rings is 1. The van der Waals surface area contributed by atoms with Crippen molar-refractivity contribution in [2.45, 2.75) is 32.6 Å². The van der Waals surface area contributed by atoms with E-state index >= 15 is 0 Å².